The molecule has 0 heterocycles. The van der Waals surface area contributed by atoms with E-state index in [9.17, 15) is 12.8 Å². The molecule has 0 aliphatic carbocycles. The van der Waals surface area contributed by atoms with Gasteiger partial charge >= 0.3 is 0 Å². The minimum absolute atomic E-state index is 0.178. The van der Waals surface area contributed by atoms with Gasteiger partial charge in [-0.3, -0.25) is 0 Å². The maximum absolute atomic E-state index is 13.3. The van der Waals surface area contributed by atoms with E-state index in [1.165, 1.54) is 18.2 Å². The van der Waals surface area contributed by atoms with Crippen LogP contribution in [0.1, 0.15) is 12.8 Å². The molecule has 0 saturated heterocycles. The number of rotatable bonds is 7. The minimum atomic E-state index is -3.81. The summed E-state index contributed by atoms with van der Waals surface area (Å²) in [5.41, 5.74) is 8.04. The van der Waals surface area contributed by atoms with Crippen LogP contribution in [-0.2, 0) is 10.0 Å². The van der Waals surface area contributed by atoms with Gasteiger partial charge in [0.05, 0.1) is 0 Å². The van der Waals surface area contributed by atoms with Crippen molar-refractivity contribution in [3.05, 3.63) is 40.5 Å². The number of sulfonamides is 1. The van der Waals surface area contributed by atoms with Crippen molar-refractivity contribution < 1.29 is 12.8 Å². The lowest BCUT2D eigenvalue weighted by atomic mass is 10.3. The third-order valence-electron chi connectivity index (χ3n) is 2.17. The molecule has 8 heteroatoms. The second-order valence-corrected chi connectivity index (χ2v) is 5.23. The van der Waals surface area contributed by atoms with E-state index in [4.69, 9.17) is 5.53 Å². The van der Waals surface area contributed by atoms with Gasteiger partial charge in [0.15, 0.2) is 0 Å². The Kier molecular flexibility index (Phi) is 5.57. The summed E-state index contributed by atoms with van der Waals surface area (Å²) >= 11 is 0. The average molecular weight is 272 g/mol. The number of nitrogens with zero attached hydrogens (tertiary/aromatic N) is 3. The summed E-state index contributed by atoms with van der Waals surface area (Å²) < 4.78 is 39.0. The standard InChI is InChI=1S/C10H13FN4O2S/c11-9-5-1-2-6-10(9)18(16,17)14-8-4-3-7-13-15-12/h1-2,5-6,14H,3-4,7-8H2. The zero-order valence-electron chi connectivity index (χ0n) is 9.58. The number of hydrogen-bond donors (Lipinski definition) is 1. The Labute approximate surface area is 105 Å². The first-order valence-corrected chi connectivity index (χ1v) is 6.81. The molecular weight excluding hydrogens is 259 g/mol. The number of azide groups is 1. The van der Waals surface area contributed by atoms with Gasteiger partial charge in [0.2, 0.25) is 10.0 Å². The molecule has 0 aliphatic heterocycles. The van der Waals surface area contributed by atoms with Crippen molar-refractivity contribution in [1.82, 2.24) is 4.72 Å². The topological polar surface area (TPSA) is 94.9 Å². The van der Waals surface area contributed by atoms with E-state index in [1.807, 2.05) is 0 Å². The lowest BCUT2D eigenvalue weighted by Gasteiger charge is -2.06. The van der Waals surface area contributed by atoms with Crippen molar-refractivity contribution in [2.75, 3.05) is 13.1 Å². The second-order valence-electron chi connectivity index (χ2n) is 3.49. The lowest BCUT2D eigenvalue weighted by Crippen LogP contribution is -2.25. The van der Waals surface area contributed by atoms with Crippen LogP contribution in [0, 0.1) is 5.82 Å². The highest BCUT2D eigenvalue weighted by Crippen LogP contribution is 2.12. The maximum Gasteiger partial charge on any atom is 0.243 e. The highest BCUT2D eigenvalue weighted by molar-refractivity contribution is 7.89. The molecule has 98 valence electrons. The number of nitrogens with one attached hydrogen (secondary N) is 1. The highest BCUT2D eigenvalue weighted by atomic mass is 32.2. The predicted octanol–water partition coefficient (Wildman–Crippen LogP) is 2.19. The number of hydrogen-bond acceptors (Lipinski definition) is 3. The maximum atomic E-state index is 13.3. The van der Waals surface area contributed by atoms with Crippen molar-refractivity contribution in [2.24, 2.45) is 5.11 Å². The van der Waals surface area contributed by atoms with Crippen molar-refractivity contribution in [1.29, 1.82) is 0 Å². The third-order valence-corrected chi connectivity index (χ3v) is 3.66. The summed E-state index contributed by atoms with van der Waals surface area (Å²) in [5, 5.41) is 3.32. The summed E-state index contributed by atoms with van der Waals surface area (Å²) in [6.07, 6.45) is 1.09. The van der Waals surface area contributed by atoms with Gasteiger partial charge in [0, 0.05) is 18.0 Å². The van der Waals surface area contributed by atoms with Crippen LogP contribution in [0.3, 0.4) is 0 Å². The Morgan fingerprint density at radius 2 is 2.06 bits per heavy atom. The normalized spacial score (nSPS) is 10.9. The molecule has 0 atom stereocenters. The van der Waals surface area contributed by atoms with Gasteiger partial charge in [-0.1, -0.05) is 17.2 Å². The Balaban J connectivity index is 2.51. The SMILES string of the molecule is [N-]=[N+]=NCCCCNS(=O)(=O)c1ccccc1F. The molecule has 0 aliphatic rings. The van der Waals surface area contributed by atoms with E-state index in [0.29, 0.717) is 19.4 Å². The highest BCUT2D eigenvalue weighted by Gasteiger charge is 2.17. The fourth-order valence-corrected chi connectivity index (χ4v) is 2.45. The molecule has 0 fully saturated rings. The first-order chi connectivity index (χ1) is 8.58. The summed E-state index contributed by atoms with van der Waals surface area (Å²) in [6.45, 7) is 0.496. The Morgan fingerprint density at radius 1 is 1.33 bits per heavy atom. The fraction of sp³-hybridized carbons (Fsp3) is 0.400. The first kappa shape index (κ1) is 14.4. The van der Waals surface area contributed by atoms with Crippen LogP contribution < -0.4 is 4.72 Å². The molecule has 18 heavy (non-hydrogen) atoms. The average Bonchev–Trinajstić information content (AvgIpc) is 2.34. The van der Waals surface area contributed by atoms with Gasteiger partial charge in [-0.2, -0.15) is 0 Å². The molecule has 1 aromatic carbocycles. The van der Waals surface area contributed by atoms with Gasteiger partial charge in [-0.25, -0.2) is 17.5 Å². The zero-order valence-corrected chi connectivity index (χ0v) is 10.4. The molecule has 1 rings (SSSR count). The largest absolute Gasteiger partial charge is 0.243 e. The van der Waals surface area contributed by atoms with Crippen LogP contribution in [0.15, 0.2) is 34.3 Å². The summed E-state index contributed by atoms with van der Waals surface area (Å²) in [4.78, 5) is 2.22. The lowest BCUT2D eigenvalue weighted by molar-refractivity contribution is 0.554. The summed E-state index contributed by atoms with van der Waals surface area (Å²) in [6, 6.07) is 5.18. The fourth-order valence-electron chi connectivity index (χ4n) is 1.30. The second kappa shape index (κ2) is 6.95. The quantitative estimate of drug-likeness (QED) is 0.356. The molecule has 0 amide bonds. The molecule has 0 aromatic heterocycles. The number of unbranched alkanes of at least 4 members (excludes halogenated alkanes) is 1. The van der Waals surface area contributed by atoms with E-state index in [1.54, 1.807) is 0 Å². The van der Waals surface area contributed by atoms with Crippen LogP contribution in [0.25, 0.3) is 10.4 Å². The Bertz CT molecular complexity index is 541. The van der Waals surface area contributed by atoms with Crippen LogP contribution in [0.2, 0.25) is 0 Å². The van der Waals surface area contributed by atoms with E-state index < -0.39 is 15.8 Å². The van der Waals surface area contributed by atoms with Crippen LogP contribution >= 0.6 is 0 Å². The van der Waals surface area contributed by atoms with E-state index >= 15 is 0 Å². The number of halogens is 1. The smallest absolute Gasteiger partial charge is 0.211 e. The van der Waals surface area contributed by atoms with Crippen LogP contribution in [0.4, 0.5) is 4.39 Å². The molecule has 0 radical (unpaired) electrons. The zero-order chi connectivity index (χ0) is 13.4. The minimum Gasteiger partial charge on any atom is -0.211 e. The van der Waals surface area contributed by atoms with Gasteiger partial charge < -0.3 is 0 Å². The Hall–Kier alpha value is -1.63. The Morgan fingerprint density at radius 3 is 2.72 bits per heavy atom. The van der Waals surface area contributed by atoms with Gasteiger partial charge in [0.1, 0.15) is 10.7 Å². The third kappa shape index (κ3) is 4.33. The first-order valence-electron chi connectivity index (χ1n) is 5.33. The molecule has 1 aromatic rings. The summed E-state index contributed by atoms with van der Waals surface area (Å²) in [7, 11) is -3.81. The molecule has 6 nitrogen and oxygen atoms in total. The van der Waals surface area contributed by atoms with Crippen molar-refractivity contribution in [3.8, 4) is 0 Å². The van der Waals surface area contributed by atoms with Gasteiger partial charge in [-0.15, -0.1) is 0 Å². The molecule has 0 bridgehead atoms. The van der Waals surface area contributed by atoms with E-state index in [-0.39, 0.29) is 11.4 Å². The molecule has 0 saturated carbocycles. The van der Waals surface area contributed by atoms with Crippen molar-refractivity contribution in [3.63, 3.8) is 0 Å². The van der Waals surface area contributed by atoms with Crippen LogP contribution in [-0.4, -0.2) is 21.5 Å². The molecule has 1 N–H and O–H groups in total. The molecular formula is C10H13FN4O2S. The number of benzene rings is 1. The van der Waals surface area contributed by atoms with Crippen LogP contribution in [0.5, 0.6) is 0 Å². The van der Waals surface area contributed by atoms with Gasteiger partial charge in [0.25, 0.3) is 0 Å². The monoisotopic (exact) mass is 272 g/mol. The van der Waals surface area contributed by atoms with E-state index in [0.717, 1.165) is 6.07 Å². The molecule has 0 unspecified atom stereocenters. The summed E-state index contributed by atoms with van der Waals surface area (Å²) in [5.74, 6) is -0.779. The van der Waals surface area contributed by atoms with Crippen molar-refractivity contribution in [2.45, 2.75) is 17.7 Å². The van der Waals surface area contributed by atoms with E-state index in [2.05, 4.69) is 14.7 Å². The predicted molar refractivity (Wildman–Crippen MR) is 64.8 cm³/mol. The van der Waals surface area contributed by atoms with Crippen molar-refractivity contribution >= 4 is 10.0 Å². The van der Waals surface area contributed by atoms with Gasteiger partial charge in [-0.05, 0) is 30.5 Å². The molecule has 0 spiro atoms.